The molecule has 1 unspecified atom stereocenters. The second-order valence-corrected chi connectivity index (χ2v) is 12.8. The molecule has 11 heteroatoms. The van der Waals surface area contributed by atoms with Crippen LogP contribution in [0.2, 0.25) is 0 Å². The molecule has 0 amide bonds. The number of phenols is 1. The average molecular weight is 581 g/mol. The van der Waals surface area contributed by atoms with Gasteiger partial charge in [-0.1, -0.05) is 50.2 Å². The first-order valence-electron chi connectivity index (χ1n) is 12.9. The summed E-state index contributed by atoms with van der Waals surface area (Å²) in [5, 5.41) is 23.2. The molecule has 3 aromatic carbocycles. The van der Waals surface area contributed by atoms with Crippen molar-refractivity contribution in [2.45, 2.75) is 39.3 Å². The van der Waals surface area contributed by atoms with Gasteiger partial charge < -0.3 is 20.3 Å². The minimum absolute atomic E-state index is 0.00857. The SMILES string of the molecule is CC1(C)CC(=O)C2=C(C1)Nc1c(O)cccc1N(S(=O)(=O)CC(=O)O)C2c1ccc(OCc2ccccc2)cc1F. The number of halogens is 1. The number of anilines is 2. The molecule has 0 bridgehead atoms. The highest BCUT2D eigenvalue weighted by atomic mass is 32.2. The van der Waals surface area contributed by atoms with Crippen LogP contribution in [0.15, 0.2) is 78.0 Å². The van der Waals surface area contributed by atoms with Gasteiger partial charge in [-0.25, -0.2) is 12.8 Å². The Balaban J connectivity index is 1.70. The molecular weight excluding hydrogens is 551 g/mol. The maximum atomic E-state index is 16.0. The molecule has 1 heterocycles. The second-order valence-electron chi connectivity index (χ2n) is 10.9. The summed E-state index contributed by atoms with van der Waals surface area (Å²) in [6.07, 6.45) is 0.351. The molecule has 1 aliphatic carbocycles. The quantitative estimate of drug-likeness (QED) is 0.327. The van der Waals surface area contributed by atoms with Crippen LogP contribution in [-0.2, 0) is 26.2 Å². The maximum Gasteiger partial charge on any atom is 0.320 e. The number of rotatable bonds is 7. The van der Waals surface area contributed by atoms with Gasteiger partial charge in [0.1, 0.15) is 35.7 Å². The van der Waals surface area contributed by atoms with Crippen molar-refractivity contribution in [3.8, 4) is 11.5 Å². The van der Waals surface area contributed by atoms with E-state index < -0.39 is 44.8 Å². The summed E-state index contributed by atoms with van der Waals surface area (Å²) in [6, 6.07) is 15.7. The smallest absolute Gasteiger partial charge is 0.320 e. The number of nitrogens with one attached hydrogen (secondary N) is 1. The lowest BCUT2D eigenvalue weighted by Gasteiger charge is -2.37. The van der Waals surface area contributed by atoms with Crippen LogP contribution in [0.3, 0.4) is 0 Å². The molecule has 0 radical (unpaired) electrons. The van der Waals surface area contributed by atoms with Crippen molar-refractivity contribution in [3.05, 3.63) is 94.9 Å². The number of nitrogens with zero attached hydrogens (tertiary/aromatic N) is 1. The van der Waals surface area contributed by atoms with Crippen LogP contribution < -0.4 is 14.4 Å². The van der Waals surface area contributed by atoms with Crippen LogP contribution in [0, 0.1) is 11.2 Å². The molecule has 3 aromatic rings. The van der Waals surface area contributed by atoms with Crippen molar-refractivity contribution in [3.63, 3.8) is 0 Å². The van der Waals surface area contributed by atoms with Gasteiger partial charge in [0.05, 0.1) is 5.69 Å². The zero-order valence-electron chi connectivity index (χ0n) is 22.4. The molecule has 0 aromatic heterocycles. The highest BCUT2D eigenvalue weighted by molar-refractivity contribution is 7.93. The summed E-state index contributed by atoms with van der Waals surface area (Å²) in [6.45, 7) is 3.92. The summed E-state index contributed by atoms with van der Waals surface area (Å²) in [4.78, 5) is 25.4. The number of fused-ring (bicyclic) bond motifs is 1. The van der Waals surface area contributed by atoms with Crippen molar-refractivity contribution in [2.75, 3.05) is 15.4 Å². The predicted molar refractivity (Wildman–Crippen MR) is 151 cm³/mol. The lowest BCUT2D eigenvalue weighted by molar-refractivity contribution is -0.134. The molecule has 1 aliphatic heterocycles. The Kier molecular flexibility index (Phi) is 7.24. The van der Waals surface area contributed by atoms with Crippen molar-refractivity contribution >= 4 is 33.2 Å². The van der Waals surface area contributed by atoms with Crippen molar-refractivity contribution in [2.24, 2.45) is 5.41 Å². The van der Waals surface area contributed by atoms with Gasteiger partial charge in [0.15, 0.2) is 11.5 Å². The Labute approximate surface area is 236 Å². The fourth-order valence-electron chi connectivity index (χ4n) is 5.39. The first-order valence-corrected chi connectivity index (χ1v) is 14.5. The first-order chi connectivity index (χ1) is 19.4. The van der Waals surface area contributed by atoms with Crippen LogP contribution in [0.4, 0.5) is 15.8 Å². The standard InChI is InChI=1S/C30H29FN2O7S/c1-30(2)14-22-27(25(35)15-30)29(20-12-11-19(13-21(20)31)40-16-18-7-4-3-5-8-18)33(41(38,39)17-26(36)37)23-9-6-10-24(34)28(23)32-22/h3-13,29,32,34H,14-17H2,1-2H3,(H,36,37). The number of carboxylic acid groups (broad SMARTS) is 1. The number of carbonyl (C=O) groups excluding carboxylic acids is 1. The summed E-state index contributed by atoms with van der Waals surface area (Å²) < 4.78 is 49.9. The highest BCUT2D eigenvalue weighted by Crippen LogP contribution is 2.51. The lowest BCUT2D eigenvalue weighted by atomic mass is 9.73. The monoisotopic (exact) mass is 580 g/mol. The van der Waals surface area contributed by atoms with E-state index in [2.05, 4.69) is 5.32 Å². The lowest BCUT2D eigenvalue weighted by Crippen LogP contribution is -2.42. The van der Waals surface area contributed by atoms with E-state index in [1.165, 1.54) is 30.3 Å². The number of phenolic OH excluding ortho intramolecular Hbond substituents is 1. The van der Waals surface area contributed by atoms with E-state index in [9.17, 15) is 28.2 Å². The van der Waals surface area contributed by atoms with Gasteiger partial charge in [0.2, 0.25) is 10.0 Å². The number of carboxylic acids is 1. The van der Waals surface area contributed by atoms with Crippen molar-refractivity contribution in [1.82, 2.24) is 0 Å². The second kappa shape index (κ2) is 10.5. The zero-order valence-corrected chi connectivity index (χ0v) is 23.2. The number of allylic oxidation sites excluding steroid dienone is 1. The Bertz CT molecular complexity index is 1670. The Morgan fingerprint density at radius 2 is 1.83 bits per heavy atom. The largest absolute Gasteiger partial charge is 0.506 e. The molecular formula is C30H29FN2O7S. The van der Waals surface area contributed by atoms with Gasteiger partial charge in [-0.3, -0.25) is 13.9 Å². The van der Waals surface area contributed by atoms with Gasteiger partial charge in [0.25, 0.3) is 0 Å². The fourth-order valence-corrected chi connectivity index (χ4v) is 6.83. The van der Waals surface area contributed by atoms with Crippen LogP contribution in [-0.4, -0.2) is 36.1 Å². The summed E-state index contributed by atoms with van der Waals surface area (Å²) >= 11 is 0. The van der Waals surface area contributed by atoms with E-state index in [1.807, 2.05) is 44.2 Å². The molecule has 1 atom stereocenters. The normalized spacial score (nSPS) is 18.2. The molecule has 3 N–H and O–H groups in total. The number of aliphatic carboxylic acids is 1. The van der Waals surface area contributed by atoms with Crippen molar-refractivity contribution in [1.29, 1.82) is 0 Å². The third kappa shape index (κ3) is 5.62. The minimum Gasteiger partial charge on any atom is -0.506 e. The number of hydrogen-bond acceptors (Lipinski definition) is 7. The number of para-hydroxylation sites is 1. The number of ether oxygens (including phenoxy) is 1. The molecule has 214 valence electrons. The fraction of sp³-hybridized carbons (Fsp3) is 0.267. The molecule has 9 nitrogen and oxygen atoms in total. The van der Waals surface area contributed by atoms with Crippen LogP contribution >= 0.6 is 0 Å². The average Bonchev–Trinajstić information content (AvgIpc) is 3.02. The minimum atomic E-state index is -4.71. The van der Waals surface area contributed by atoms with E-state index in [4.69, 9.17) is 4.74 Å². The zero-order chi connectivity index (χ0) is 29.5. The summed E-state index contributed by atoms with van der Waals surface area (Å²) in [5.41, 5.74) is 0.372. The molecule has 0 saturated carbocycles. The molecule has 2 aliphatic rings. The van der Waals surface area contributed by atoms with Crippen LogP contribution in [0.25, 0.3) is 0 Å². The van der Waals surface area contributed by atoms with Crippen LogP contribution in [0.1, 0.15) is 43.9 Å². The molecule has 0 fully saturated rings. The number of carbonyl (C=O) groups is 2. The van der Waals surface area contributed by atoms with Gasteiger partial charge in [-0.2, -0.15) is 0 Å². The van der Waals surface area contributed by atoms with Crippen molar-refractivity contribution < 1.29 is 37.3 Å². The molecule has 41 heavy (non-hydrogen) atoms. The highest BCUT2D eigenvalue weighted by Gasteiger charge is 2.46. The first kappa shape index (κ1) is 28.2. The number of sulfonamides is 1. The van der Waals surface area contributed by atoms with Gasteiger partial charge in [0, 0.05) is 29.3 Å². The van der Waals surface area contributed by atoms with E-state index in [-0.39, 0.29) is 47.0 Å². The summed E-state index contributed by atoms with van der Waals surface area (Å²) in [7, 11) is -4.71. The molecule has 5 rings (SSSR count). The van der Waals surface area contributed by atoms with Gasteiger partial charge in [-0.15, -0.1) is 0 Å². The molecule has 0 saturated heterocycles. The number of ketones is 1. The number of aromatic hydroxyl groups is 1. The Morgan fingerprint density at radius 1 is 1.10 bits per heavy atom. The number of benzene rings is 3. The van der Waals surface area contributed by atoms with E-state index >= 15 is 4.39 Å². The number of Topliss-reactive ketones (excluding diaryl/α,β-unsaturated/α-hetero) is 1. The topological polar surface area (TPSA) is 133 Å². The maximum absolute atomic E-state index is 16.0. The van der Waals surface area contributed by atoms with E-state index in [0.29, 0.717) is 12.1 Å². The Hall–Kier alpha value is -4.38. The third-order valence-electron chi connectivity index (χ3n) is 7.08. The Morgan fingerprint density at radius 3 is 2.51 bits per heavy atom. The van der Waals surface area contributed by atoms with E-state index in [1.54, 1.807) is 0 Å². The summed E-state index contributed by atoms with van der Waals surface area (Å²) in [5.74, 6) is -4.33. The molecule has 0 spiro atoms. The van der Waals surface area contributed by atoms with Gasteiger partial charge in [-0.05, 0) is 41.7 Å². The van der Waals surface area contributed by atoms with Crippen LogP contribution in [0.5, 0.6) is 11.5 Å². The van der Waals surface area contributed by atoms with Gasteiger partial charge >= 0.3 is 5.97 Å². The van der Waals surface area contributed by atoms with E-state index in [0.717, 1.165) is 15.9 Å². The predicted octanol–water partition coefficient (Wildman–Crippen LogP) is 5.14. The number of hydrogen-bond donors (Lipinski definition) is 3. The third-order valence-corrected chi connectivity index (χ3v) is 8.70.